The fourth-order valence-corrected chi connectivity index (χ4v) is 3.33. The molecule has 2 heteroatoms. The van der Waals surface area contributed by atoms with Gasteiger partial charge in [-0.15, -0.1) is 25.6 Å². The van der Waals surface area contributed by atoms with Crippen molar-refractivity contribution in [2.45, 2.75) is 103 Å². The minimum Gasteiger partial charge on any atom is -0.296 e. The maximum Gasteiger partial charge on any atom is 0.0163 e. The molecule has 0 amide bonds. The van der Waals surface area contributed by atoms with Crippen LogP contribution in [-0.4, -0.2) is 24.5 Å². The van der Waals surface area contributed by atoms with Crippen LogP contribution in [-0.2, 0) is 0 Å². The van der Waals surface area contributed by atoms with E-state index in [2.05, 4.69) is 25.0 Å². The zero-order valence-corrected chi connectivity index (χ0v) is 18.0. The van der Waals surface area contributed by atoms with Crippen molar-refractivity contribution in [3.8, 4) is 0 Å². The Labute approximate surface area is 165 Å². The van der Waals surface area contributed by atoms with Crippen LogP contribution < -0.4 is 0 Å². The van der Waals surface area contributed by atoms with E-state index < -0.39 is 0 Å². The van der Waals surface area contributed by atoms with Crippen LogP contribution in [0.15, 0.2) is 25.3 Å². The van der Waals surface area contributed by atoms with Gasteiger partial charge in [0.25, 0.3) is 0 Å². The monoisotopic (exact) mass is 371 g/mol. The van der Waals surface area contributed by atoms with E-state index in [-0.39, 0.29) is 12.4 Å². The lowest BCUT2D eigenvalue weighted by molar-refractivity contribution is 0.324. The molecule has 25 heavy (non-hydrogen) atoms. The smallest absolute Gasteiger partial charge is 0.0163 e. The van der Waals surface area contributed by atoms with Crippen LogP contribution in [0, 0.1) is 0 Å². The third-order valence-corrected chi connectivity index (χ3v) is 4.85. The topological polar surface area (TPSA) is 3.24 Å². The molecule has 0 heterocycles. The van der Waals surface area contributed by atoms with Gasteiger partial charge < -0.3 is 0 Å². The Morgan fingerprint density at radius 3 is 1.20 bits per heavy atom. The van der Waals surface area contributed by atoms with Crippen molar-refractivity contribution in [3.05, 3.63) is 25.3 Å². The fourth-order valence-electron chi connectivity index (χ4n) is 3.33. The largest absolute Gasteiger partial charge is 0.296 e. The van der Waals surface area contributed by atoms with Crippen LogP contribution in [0.3, 0.4) is 0 Å². The number of nitrogens with zero attached hydrogens (tertiary/aromatic N) is 1. The summed E-state index contributed by atoms with van der Waals surface area (Å²) in [6.45, 7) is 13.1. The summed E-state index contributed by atoms with van der Waals surface area (Å²) in [5.41, 5.74) is 0. The van der Waals surface area contributed by atoms with Gasteiger partial charge in [0.15, 0.2) is 0 Å². The Hall–Kier alpha value is -0.270. The number of hydrogen-bond acceptors (Lipinski definition) is 1. The fraction of sp³-hybridized carbons (Fsp3) is 0.826. The molecule has 0 aliphatic carbocycles. The first-order valence-corrected chi connectivity index (χ1v) is 10.8. The van der Waals surface area contributed by atoms with E-state index in [1.54, 1.807) is 0 Å². The van der Waals surface area contributed by atoms with Crippen LogP contribution in [0.1, 0.15) is 103 Å². The molecule has 0 atom stereocenters. The first-order valence-electron chi connectivity index (χ1n) is 10.8. The lowest BCUT2D eigenvalue weighted by Gasteiger charge is -2.18. The maximum atomic E-state index is 3.83. The molecule has 0 aliphatic heterocycles. The molecule has 0 spiro atoms. The van der Waals surface area contributed by atoms with E-state index in [1.165, 1.54) is 103 Å². The van der Waals surface area contributed by atoms with Crippen molar-refractivity contribution in [1.29, 1.82) is 0 Å². The van der Waals surface area contributed by atoms with Crippen molar-refractivity contribution in [2.24, 2.45) is 0 Å². The molecule has 0 aliphatic rings. The molecule has 0 fully saturated rings. The first-order chi connectivity index (χ1) is 11.8. The zero-order valence-electron chi connectivity index (χ0n) is 17.2. The van der Waals surface area contributed by atoms with Crippen molar-refractivity contribution in [2.75, 3.05) is 19.6 Å². The number of rotatable bonds is 20. The van der Waals surface area contributed by atoms with Crippen LogP contribution >= 0.6 is 12.4 Å². The summed E-state index contributed by atoms with van der Waals surface area (Å²) in [6, 6.07) is 0. The maximum absolute atomic E-state index is 3.83. The summed E-state index contributed by atoms with van der Waals surface area (Å²) in [7, 11) is 0. The molecular weight excluding hydrogens is 326 g/mol. The Balaban J connectivity index is 0. The molecule has 0 aromatic rings. The third kappa shape index (κ3) is 21.7. The summed E-state index contributed by atoms with van der Waals surface area (Å²) in [5.74, 6) is 0. The molecule has 0 saturated carbocycles. The Bertz CT molecular complexity index is 255. The predicted octanol–water partition coefficient (Wildman–Crippen LogP) is 7.95. The minimum atomic E-state index is 0. The summed E-state index contributed by atoms with van der Waals surface area (Å²) in [5, 5.41) is 0. The van der Waals surface area contributed by atoms with Crippen molar-refractivity contribution in [1.82, 2.24) is 4.90 Å². The molecule has 0 bridgehead atoms. The average molecular weight is 372 g/mol. The van der Waals surface area contributed by atoms with Gasteiger partial charge in [0.1, 0.15) is 0 Å². The molecule has 0 radical (unpaired) electrons. The zero-order chi connectivity index (χ0) is 17.7. The quantitative estimate of drug-likeness (QED) is 0.155. The normalized spacial score (nSPS) is 10.6. The Morgan fingerprint density at radius 2 is 0.880 bits per heavy atom. The highest BCUT2D eigenvalue weighted by Crippen LogP contribution is 2.13. The first kappa shape index (κ1) is 27.0. The van der Waals surface area contributed by atoms with E-state index in [9.17, 15) is 0 Å². The molecule has 0 rings (SSSR count). The molecule has 0 aromatic carbocycles. The van der Waals surface area contributed by atoms with Gasteiger partial charge >= 0.3 is 0 Å². The van der Waals surface area contributed by atoms with Crippen LogP contribution in [0.2, 0.25) is 0 Å². The van der Waals surface area contributed by atoms with Crippen molar-refractivity contribution < 1.29 is 0 Å². The van der Waals surface area contributed by atoms with Gasteiger partial charge in [0.2, 0.25) is 0 Å². The van der Waals surface area contributed by atoms with E-state index in [0.717, 1.165) is 13.1 Å². The standard InChI is InChI=1S/C23H45N.ClH/c1-4-7-8-9-10-11-12-13-14-15-16-17-18-19-20-23-24(21-5-2)22-6-3;/h5-6H,2-4,7-23H2,1H3;1H. The highest BCUT2D eigenvalue weighted by atomic mass is 35.5. The minimum absolute atomic E-state index is 0. The van der Waals surface area contributed by atoms with Gasteiger partial charge in [-0.25, -0.2) is 0 Å². The molecule has 1 nitrogen and oxygen atoms in total. The van der Waals surface area contributed by atoms with E-state index in [1.807, 2.05) is 12.2 Å². The highest BCUT2D eigenvalue weighted by molar-refractivity contribution is 5.85. The second kappa shape index (κ2) is 23.7. The molecule has 0 aromatic heterocycles. The summed E-state index contributed by atoms with van der Waals surface area (Å²) < 4.78 is 0. The van der Waals surface area contributed by atoms with Crippen LogP contribution in [0.25, 0.3) is 0 Å². The van der Waals surface area contributed by atoms with E-state index >= 15 is 0 Å². The summed E-state index contributed by atoms with van der Waals surface area (Å²) in [4.78, 5) is 2.42. The van der Waals surface area contributed by atoms with Crippen molar-refractivity contribution in [3.63, 3.8) is 0 Å². The molecule has 0 saturated heterocycles. The van der Waals surface area contributed by atoms with Gasteiger partial charge in [-0.1, -0.05) is 109 Å². The highest BCUT2D eigenvalue weighted by Gasteiger charge is 2.00. The van der Waals surface area contributed by atoms with Gasteiger partial charge in [0.05, 0.1) is 0 Å². The van der Waals surface area contributed by atoms with Crippen molar-refractivity contribution >= 4 is 12.4 Å². The third-order valence-electron chi connectivity index (χ3n) is 4.85. The SMILES string of the molecule is C=CCN(CC=C)CCCCCCCCCCCCCCCCC.Cl. The van der Waals surface area contributed by atoms with Gasteiger partial charge in [-0.2, -0.15) is 0 Å². The van der Waals surface area contributed by atoms with Gasteiger partial charge in [-0.3, -0.25) is 4.90 Å². The Kier molecular flexibility index (Phi) is 25.6. The number of unbranched alkanes of at least 4 members (excludes halogenated alkanes) is 14. The van der Waals surface area contributed by atoms with Gasteiger partial charge in [0, 0.05) is 13.1 Å². The molecular formula is C23H46ClN. The molecule has 0 N–H and O–H groups in total. The summed E-state index contributed by atoms with van der Waals surface area (Å²) >= 11 is 0. The second-order valence-electron chi connectivity index (χ2n) is 7.29. The summed E-state index contributed by atoms with van der Waals surface area (Å²) in [6.07, 6.45) is 25.5. The van der Waals surface area contributed by atoms with Gasteiger partial charge in [-0.05, 0) is 13.0 Å². The lowest BCUT2D eigenvalue weighted by atomic mass is 10.0. The second-order valence-corrected chi connectivity index (χ2v) is 7.29. The van der Waals surface area contributed by atoms with E-state index in [4.69, 9.17) is 0 Å². The number of halogens is 1. The van der Waals surface area contributed by atoms with E-state index in [0.29, 0.717) is 0 Å². The lowest BCUT2D eigenvalue weighted by Crippen LogP contribution is -2.24. The Morgan fingerprint density at radius 1 is 0.560 bits per heavy atom. The predicted molar refractivity (Wildman–Crippen MR) is 119 cm³/mol. The molecule has 150 valence electrons. The van der Waals surface area contributed by atoms with Crippen LogP contribution in [0.5, 0.6) is 0 Å². The van der Waals surface area contributed by atoms with Crippen LogP contribution in [0.4, 0.5) is 0 Å². The molecule has 0 unspecified atom stereocenters. The average Bonchev–Trinajstić information content (AvgIpc) is 2.58. The number of hydrogen-bond donors (Lipinski definition) is 0.